The zero-order chi connectivity index (χ0) is 16.5. The Labute approximate surface area is 124 Å². The molecule has 0 bridgehead atoms. The molecular weight excluding hydrogens is 299 g/mol. The number of H-pyrrole nitrogens is 1. The number of fused-ring (bicyclic) bond motifs is 1. The minimum absolute atomic E-state index is 0.329. The Kier molecular flexibility index (Phi) is 6.68. The van der Waals surface area contributed by atoms with Crippen LogP contribution in [0.3, 0.4) is 0 Å². The van der Waals surface area contributed by atoms with Crippen molar-refractivity contribution < 1.29 is 23.1 Å². The number of benzene rings is 2. The highest BCUT2D eigenvalue weighted by atomic mass is 19.4. The zero-order valence-corrected chi connectivity index (χ0v) is 11.6. The first-order valence-corrected chi connectivity index (χ1v) is 6.10. The average molecular weight is 313 g/mol. The number of aryl methyl sites for hydroxylation is 1. The van der Waals surface area contributed by atoms with E-state index >= 15 is 0 Å². The molecule has 0 saturated heterocycles. The Bertz CT molecular complexity index is 663. The lowest BCUT2D eigenvalue weighted by Gasteiger charge is -1.90. The van der Waals surface area contributed by atoms with Gasteiger partial charge in [-0.3, -0.25) is 0 Å². The van der Waals surface area contributed by atoms with Gasteiger partial charge in [0.2, 0.25) is 11.0 Å². The van der Waals surface area contributed by atoms with Crippen LogP contribution >= 0.6 is 0 Å². The molecule has 2 N–H and O–H groups in total. The van der Waals surface area contributed by atoms with Gasteiger partial charge in [0.1, 0.15) is 5.75 Å². The summed E-state index contributed by atoms with van der Waals surface area (Å²) in [6.45, 7) is -1.68. The second-order valence-corrected chi connectivity index (χ2v) is 4.08. The summed E-state index contributed by atoms with van der Waals surface area (Å²) in [4.78, 5) is 0.634. The fourth-order valence-corrected chi connectivity index (χ4v) is 1.43. The van der Waals surface area contributed by atoms with Gasteiger partial charge in [0.25, 0.3) is 0 Å². The SMILES string of the molecule is Cc1ccc(O)cc1.FC(F)F.[O-][n+]1[nH]nc2ccccc21. The third-order valence-electron chi connectivity index (χ3n) is 2.40. The molecule has 8 heteroatoms. The van der Waals surface area contributed by atoms with Crippen molar-refractivity contribution in [1.82, 2.24) is 10.3 Å². The fourth-order valence-electron chi connectivity index (χ4n) is 1.43. The van der Waals surface area contributed by atoms with Crippen molar-refractivity contribution in [2.75, 3.05) is 0 Å². The summed E-state index contributed by atoms with van der Waals surface area (Å²) in [5, 5.41) is 25.6. The molecule has 5 nitrogen and oxygen atoms in total. The highest BCUT2D eigenvalue weighted by molar-refractivity contribution is 5.69. The van der Waals surface area contributed by atoms with Crippen molar-refractivity contribution >= 4 is 11.0 Å². The largest absolute Gasteiger partial charge is 0.692 e. The third kappa shape index (κ3) is 6.12. The fraction of sp³-hybridized carbons (Fsp3) is 0.143. The number of rotatable bonds is 0. The molecule has 0 radical (unpaired) electrons. The Morgan fingerprint density at radius 2 is 1.64 bits per heavy atom. The van der Waals surface area contributed by atoms with Gasteiger partial charge in [0.05, 0.1) is 0 Å². The van der Waals surface area contributed by atoms with Crippen molar-refractivity contribution in [1.29, 1.82) is 0 Å². The molecule has 0 aliphatic heterocycles. The lowest BCUT2D eigenvalue weighted by atomic mass is 10.2. The molecule has 2 aromatic carbocycles. The number of phenols is 1. The maximum absolute atomic E-state index is 10.8. The molecule has 3 rings (SSSR count). The van der Waals surface area contributed by atoms with Gasteiger partial charge in [0, 0.05) is 5.10 Å². The molecule has 1 aromatic heterocycles. The number of aromatic nitrogens is 3. The first kappa shape index (κ1) is 17.3. The number of aromatic hydroxyl groups is 1. The normalized spacial score (nSPS) is 9.68. The topological polar surface area (TPSA) is 75.8 Å². The van der Waals surface area contributed by atoms with Gasteiger partial charge >= 0.3 is 6.68 Å². The van der Waals surface area contributed by atoms with Crippen LogP contribution in [-0.4, -0.2) is 22.1 Å². The Morgan fingerprint density at radius 1 is 1.09 bits per heavy atom. The molecule has 0 amide bonds. The predicted molar refractivity (Wildman–Crippen MR) is 75.0 cm³/mol. The molecule has 118 valence electrons. The van der Waals surface area contributed by atoms with E-state index in [4.69, 9.17) is 5.11 Å². The first-order valence-electron chi connectivity index (χ1n) is 6.10. The van der Waals surface area contributed by atoms with E-state index in [0.717, 1.165) is 0 Å². The van der Waals surface area contributed by atoms with Crippen molar-refractivity contribution in [2.45, 2.75) is 13.6 Å². The van der Waals surface area contributed by atoms with Gasteiger partial charge in [-0.15, -0.1) is 0 Å². The molecule has 0 spiro atoms. The number of alkyl halides is 3. The summed E-state index contributed by atoms with van der Waals surface area (Å²) >= 11 is 0. The lowest BCUT2D eigenvalue weighted by Crippen LogP contribution is -2.27. The van der Waals surface area contributed by atoms with Crippen molar-refractivity contribution in [2.24, 2.45) is 0 Å². The highest BCUT2D eigenvalue weighted by Crippen LogP contribution is 2.07. The summed E-state index contributed by atoms with van der Waals surface area (Å²) in [5.74, 6) is 0.329. The van der Waals surface area contributed by atoms with Crippen molar-refractivity contribution in [3.05, 3.63) is 59.3 Å². The summed E-state index contributed by atoms with van der Waals surface area (Å²) in [6.07, 6.45) is 0. The molecule has 0 aliphatic carbocycles. The minimum atomic E-state index is -3.67. The number of halogens is 3. The molecule has 0 unspecified atom stereocenters. The van der Waals surface area contributed by atoms with E-state index in [9.17, 15) is 18.4 Å². The van der Waals surface area contributed by atoms with Crippen LogP contribution in [0.2, 0.25) is 0 Å². The molecule has 1 heterocycles. The number of hydrogen-bond donors (Lipinski definition) is 2. The van der Waals surface area contributed by atoms with Crippen LogP contribution in [0.15, 0.2) is 48.5 Å². The van der Waals surface area contributed by atoms with E-state index < -0.39 is 6.68 Å². The van der Waals surface area contributed by atoms with Crippen LogP contribution in [0, 0.1) is 12.1 Å². The Balaban J connectivity index is 0.000000182. The predicted octanol–water partition coefficient (Wildman–Crippen LogP) is 3.08. The Morgan fingerprint density at radius 3 is 2.14 bits per heavy atom. The van der Waals surface area contributed by atoms with E-state index in [2.05, 4.69) is 10.3 Å². The van der Waals surface area contributed by atoms with Gasteiger partial charge in [-0.2, -0.15) is 18.0 Å². The number of nitrogens with one attached hydrogen (secondary N) is 1. The molecule has 0 saturated carbocycles. The summed E-state index contributed by atoms with van der Waals surface area (Å²) in [6, 6.07) is 14.2. The second-order valence-electron chi connectivity index (χ2n) is 4.08. The Hall–Kier alpha value is -2.77. The quantitative estimate of drug-likeness (QED) is 0.495. The average Bonchev–Trinajstić information content (AvgIpc) is 2.85. The first-order chi connectivity index (χ1) is 10.4. The third-order valence-corrected chi connectivity index (χ3v) is 2.40. The standard InChI is InChI=1S/C7H8O.C6H5N3O.CHF3/c1-6-2-4-7(8)5-3-6;10-9-6-4-2-1-3-5(6)7-8-9;2-1(3)4/h2-5,8H,1H3;1-4,8H;1H. The van der Waals surface area contributed by atoms with Crippen LogP contribution in [-0.2, 0) is 0 Å². The minimum Gasteiger partial charge on any atom is -0.692 e. The number of nitrogens with zero attached hydrogens (tertiary/aromatic N) is 2. The molecule has 3 aromatic rings. The zero-order valence-electron chi connectivity index (χ0n) is 11.6. The monoisotopic (exact) mass is 313 g/mol. The molecule has 0 aliphatic rings. The van der Waals surface area contributed by atoms with Crippen LogP contribution in [0.5, 0.6) is 5.75 Å². The van der Waals surface area contributed by atoms with E-state index in [1.807, 2.05) is 25.1 Å². The van der Waals surface area contributed by atoms with Gasteiger partial charge in [-0.1, -0.05) is 35.0 Å². The number of aromatic amines is 1. The van der Waals surface area contributed by atoms with Crippen LogP contribution in [0.4, 0.5) is 13.2 Å². The maximum Gasteiger partial charge on any atom is 0.379 e. The van der Waals surface area contributed by atoms with Crippen LogP contribution < -0.4 is 4.85 Å². The second kappa shape index (κ2) is 8.50. The summed E-state index contributed by atoms with van der Waals surface area (Å²) < 4.78 is 29.0. The lowest BCUT2D eigenvalue weighted by molar-refractivity contribution is -0.644. The summed E-state index contributed by atoms with van der Waals surface area (Å²) in [7, 11) is 0. The van der Waals surface area contributed by atoms with Crippen LogP contribution in [0.1, 0.15) is 5.56 Å². The van der Waals surface area contributed by atoms with E-state index in [-0.39, 0.29) is 0 Å². The van der Waals surface area contributed by atoms with Gasteiger partial charge in [-0.25, -0.2) is 0 Å². The highest BCUT2D eigenvalue weighted by Gasteiger charge is 2.03. The van der Waals surface area contributed by atoms with E-state index in [1.54, 1.807) is 30.3 Å². The maximum atomic E-state index is 10.8. The van der Waals surface area contributed by atoms with Crippen molar-refractivity contribution in [3.8, 4) is 5.75 Å². The van der Waals surface area contributed by atoms with E-state index in [1.165, 1.54) is 5.56 Å². The van der Waals surface area contributed by atoms with Gasteiger partial charge < -0.3 is 10.3 Å². The summed E-state index contributed by atoms with van der Waals surface area (Å²) in [5.41, 5.74) is 2.43. The molecule has 0 fully saturated rings. The van der Waals surface area contributed by atoms with E-state index in [0.29, 0.717) is 21.6 Å². The molecule has 0 atom stereocenters. The van der Waals surface area contributed by atoms with Gasteiger partial charge in [0.15, 0.2) is 0 Å². The smallest absolute Gasteiger partial charge is 0.379 e. The van der Waals surface area contributed by atoms with Crippen molar-refractivity contribution in [3.63, 3.8) is 0 Å². The number of phenolic OH excluding ortho intramolecular Hbond substituents is 1. The number of para-hydroxylation sites is 2. The molecule has 22 heavy (non-hydrogen) atoms. The molecular formula is C14H14F3N3O2. The number of hydrogen-bond acceptors (Lipinski definition) is 3. The van der Waals surface area contributed by atoms with Gasteiger partial charge in [-0.05, 0) is 31.2 Å². The van der Waals surface area contributed by atoms with Crippen LogP contribution in [0.25, 0.3) is 11.0 Å².